The van der Waals surface area contributed by atoms with Crippen molar-refractivity contribution in [1.82, 2.24) is 9.88 Å². The zero-order valence-corrected chi connectivity index (χ0v) is 11.3. The molecule has 1 heterocycles. The molecule has 1 aromatic rings. The second-order valence-corrected chi connectivity index (χ2v) is 5.11. The quantitative estimate of drug-likeness (QED) is 0.787. The van der Waals surface area contributed by atoms with Crippen LogP contribution >= 0.6 is 11.8 Å². The van der Waals surface area contributed by atoms with E-state index in [0.717, 1.165) is 29.4 Å². The van der Waals surface area contributed by atoms with E-state index in [2.05, 4.69) is 9.88 Å². The molecule has 0 bridgehead atoms. The van der Waals surface area contributed by atoms with E-state index >= 15 is 0 Å². The summed E-state index contributed by atoms with van der Waals surface area (Å²) < 4.78 is 0. The number of carbonyl (C=O) groups is 1. The van der Waals surface area contributed by atoms with Gasteiger partial charge in [-0.25, -0.2) is 9.78 Å². The van der Waals surface area contributed by atoms with E-state index in [9.17, 15) is 4.79 Å². The summed E-state index contributed by atoms with van der Waals surface area (Å²) in [5, 5.41) is 9.79. The number of aromatic carboxylic acids is 1. The van der Waals surface area contributed by atoms with Crippen LogP contribution in [0.2, 0.25) is 0 Å². The number of carboxylic acids is 1. The summed E-state index contributed by atoms with van der Waals surface area (Å²) in [7, 11) is 4.03. The summed E-state index contributed by atoms with van der Waals surface area (Å²) in [6.07, 6.45) is 0.752. The standard InChI is InChI=1S/C12H18N2O2S/c1-4-10-7-9(12(15)16)8-11(13-10)17-6-5-14(2)3/h7-8H,4-6H2,1-3H3,(H,15,16). The maximum atomic E-state index is 11.0. The third-order valence-corrected chi connectivity index (χ3v) is 3.14. The Balaban J connectivity index is 2.76. The van der Waals surface area contributed by atoms with Crippen LogP contribution in [-0.2, 0) is 6.42 Å². The Morgan fingerprint density at radius 2 is 2.18 bits per heavy atom. The van der Waals surface area contributed by atoms with Crippen LogP contribution in [0.25, 0.3) is 0 Å². The van der Waals surface area contributed by atoms with Gasteiger partial charge in [-0.1, -0.05) is 6.92 Å². The molecule has 0 spiro atoms. The van der Waals surface area contributed by atoms with Crippen LogP contribution < -0.4 is 0 Å². The molecule has 94 valence electrons. The van der Waals surface area contributed by atoms with E-state index in [1.165, 1.54) is 0 Å². The molecule has 0 aliphatic carbocycles. The summed E-state index contributed by atoms with van der Waals surface area (Å²) in [4.78, 5) is 17.5. The number of carboxylic acid groups (broad SMARTS) is 1. The highest BCUT2D eigenvalue weighted by Crippen LogP contribution is 2.18. The number of aromatic nitrogens is 1. The zero-order chi connectivity index (χ0) is 12.8. The fraction of sp³-hybridized carbons (Fsp3) is 0.500. The molecule has 0 saturated heterocycles. The highest BCUT2D eigenvalue weighted by molar-refractivity contribution is 7.99. The van der Waals surface area contributed by atoms with Crippen molar-refractivity contribution in [1.29, 1.82) is 0 Å². The molecule has 5 heteroatoms. The fourth-order valence-electron chi connectivity index (χ4n) is 1.27. The lowest BCUT2D eigenvalue weighted by Crippen LogP contribution is -2.14. The van der Waals surface area contributed by atoms with Gasteiger partial charge in [-0.05, 0) is 32.6 Å². The van der Waals surface area contributed by atoms with E-state index in [1.54, 1.807) is 23.9 Å². The van der Waals surface area contributed by atoms with Gasteiger partial charge in [0.2, 0.25) is 0 Å². The summed E-state index contributed by atoms with van der Waals surface area (Å²) in [6, 6.07) is 3.28. The van der Waals surface area contributed by atoms with Gasteiger partial charge in [0.1, 0.15) is 0 Å². The van der Waals surface area contributed by atoms with Crippen molar-refractivity contribution in [3.8, 4) is 0 Å². The van der Waals surface area contributed by atoms with Crippen molar-refractivity contribution in [2.75, 3.05) is 26.4 Å². The first-order chi connectivity index (χ1) is 8.02. The molecule has 0 fully saturated rings. The first-order valence-corrected chi connectivity index (χ1v) is 6.53. The Morgan fingerprint density at radius 1 is 1.47 bits per heavy atom. The smallest absolute Gasteiger partial charge is 0.335 e. The predicted molar refractivity (Wildman–Crippen MR) is 69.9 cm³/mol. The van der Waals surface area contributed by atoms with Gasteiger partial charge in [-0.3, -0.25) is 0 Å². The molecule has 0 saturated carbocycles. The zero-order valence-electron chi connectivity index (χ0n) is 10.4. The fourth-order valence-corrected chi connectivity index (χ4v) is 2.33. The van der Waals surface area contributed by atoms with Crippen LogP contribution in [0, 0.1) is 0 Å². The molecule has 0 amide bonds. The van der Waals surface area contributed by atoms with Crippen LogP contribution in [0.1, 0.15) is 23.0 Å². The first kappa shape index (κ1) is 14.0. The molecule has 17 heavy (non-hydrogen) atoms. The largest absolute Gasteiger partial charge is 0.478 e. The van der Waals surface area contributed by atoms with Crippen molar-refractivity contribution in [2.45, 2.75) is 18.4 Å². The molecule has 0 unspecified atom stereocenters. The lowest BCUT2D eigenvalue weighted by atomic mass is 10.2. The third kappa shape index (κ3) is 4.75. The van der Waals surface area contributed by atoms with Crippen molar-refractivity contribution in [3.05, 3.63) is 23.4 Å². The lowest BCUT2D eigenvalue weighted by Gasteiger charge is -2.09. The minimum atomic E-state index is -0.892. The van der Waals surface area contributed by atoms with E-state index in [0.29, 0.717) is 5.56 Å². The Kier molecular flexibility index (Phi) is 5.44. The number of aryl methyl sites for hydroxylation is 1. The number of rotatable bonds is 6. The lowest BCUT2D eigenvalue weighted by molar-refractivity contribution is 0.0696. The molecular formula is C12H18N2O2S. The van der Waals surface area contributed by atoms with Crippen LogP contribution in [0.15, 0.2) is 17.2 Å². The second kappa shape index (κ2) is 6.61. The highest BCUT2D eigenvalue weighted by atomic mass is 32.2. The van der Waals surface area contributed by atoms with Crippen molar-refractivity contribution >= 4 is 17.7 Å². The van der Waals surface area contributed by atoms with E-state index in [1.807, 2.05) is 21.0 Å². The first-order valence-electron chi connectivity index (χ1n) is 5.54. The van der Waals surface area contributed by atoms with Crippen LogP contribution in [0.4, 0.5) is 0 Å². The minimum Gasteiger partial charge on any atom is -0.478 e. The third-order valence-electron chi connectivity index (χ3n) is 2.25. The molecule has 1 rings (SSSR count). The van der Waals surface area contributed by atoms with Gasteiger partial charge in [-0.2, -0.15) is 0 Å². The van der Waals surface area contributed by atoms with Gasteiger partial charge in [0.25, 0.3) is 0 Å². The minimum absolute atomic E-state index is 0.323. The monoisotopic (exact) mass is 254 g/mol. The molecule has 0 aromatic carbocycles. The Bertz CT molecular complexity index is 394. The van der Waals surface area contributed by atoms with Crippen molar-refractivity contribution in [2.24, 2.45) is 0 Å². The molecule has 0 aliphatic rings. The molecule has 1 aromatic heterocycles. The topological polar surface area (TPSA) is 53.4 Å². The van der Waals surface area contributed by atoms with Gasteiger partial charge in [0, 0.05) is 18.0 Å². The number of thioether (sulfide) groups is 1. The number of pyridine rings is 1. The van der Waals surface area contributed by atoms with Gasteiger partial charge in [0.05, 0.1) is 10.6 Å². The van der Waals surface area contributed by atoms with Crippen LogP contribution in [0.3, 0.4) is 0 Å². The molecule has 1 N–H and O–H groups in total. The number of nitrogens with zero attached hydrogens (tertiary/aromatic N) is 2. The Labute approximate surface area is 106 Å². The summed E-state index contributed by atoms with van der Waals surface area (Å²) in [6.45, 7) is 2.92. The maximum absolute atomic E-state index is 11.0. The second-order valence-electron chi connectivity index (χ2n) is 4.00. The Morgan fingerprint density at radius 3 is 2.71 bits per heavy atom. The number of hydrogen-bond acceptors (Lipinski definition) is 4. The van der Waals surface area contributed by atoms with Gasteiger partial charge < -0.3 is 10.0 Å². The normalized spacial score (nSPS) is 10.8. The predicted octanol–water partition coefficient (Wildman–Crippen LogP) is 2.00. The van der Waals surface area contributed by atoms with Crippen molar-refractivity contribution < 1.29 is 9.90 Å². The molecule has 0 radical (unpaired) electrons. The average Bonchev–Trinajstić information content (AvgIpc) is 2.28. The maximum Gasteiger partial charge on any atom is 0.335 e. The van der Waals surface area contributed by atoms with E-state index in [4.69, 9.17) is 5.11 Å². The average molecular weight is 254 g/mol. The molecular weight excluding hydrogens is 236 g/mol. The van der Waals surface area contributed by atoms with Crippen LogP contribution in [0.5, 0.6) is 0 Å². The van der Waals surface area contributed by atoms with E-state index < -0.39 is 5.97 Å². The highest BCUT2D eigenvalue weighted by Gasteiger charge is 2.08. The van der Waals surface area contributed by atoms with Crippen LogP contribution in [-0.4, -0.2) is 47.4 Å². The van der Waals surface area contributed by atoms with Gasteiger partial charge >= 0.3 is 5.97 Å². The number of hydrogen-bond donors (Lipinski definition) is 1. The summed E-state index contributed by atoms with van der Waals surface area (Å²) >= 11 is 1.59. The molecule has 0 atom stereocenters. The van der Waals surface area contributed by atoms with E-state index in [-0.39, 0.29) is 0 Å². The van der Waals surface area contributed by atoms with Crippen molar-refractivity contribution in [3.63, 3.8) is 0 Å². The SMILES string of the molecule is CCc1cc(C(=O)O)cc(SCCN(C)C)n1. The molecule has 4 nitrogen and oxygen atoms in total. The Hall–Kier alpha value is -1.07. The summed E-state index contributed by atoms with van der Waals surface area (Å²) in [5.41, 5.74) is 1.15. The van der Waals surface area contributed by atoms with Gasteiger partial charge in [0.15, 0.2) is 0 Å². The van der Waals surface area contributed by atoms with Gasteiger partial charge in [-0.15, -0.1) is 11.8 Å². The molecule has 0 aliphatic heterocycles. The summed E-state index contributed by atoms with van der Waals surface area (Å²) in [5.74, 6) is 0.0169.